The van der Waals surface area contributed by atoms with Crippen molar-refractivity contribution in [2.75, 3.05) is 5.32 Å². The molecule has 0 aromatic heterocycles. The average Bonchev–Trinajstić information content (AvgIpc) is 3.12. The van der Waals surface area contributed by atoms with E-state index in [-0.39, 0.29) is 0 Å². The van der Waals surface area contributed by atoms with Gasteiger partial charge in [-0.1, -0.05) is 23.7 Å². The fourth-order valence-corrected chi connectivity index (χ4v) is 2.79. The summed E-state index contributed by atoms with van der Waals surface area (Å²) >= 11 is 6.26. The predicted octanol–water partition coefficient (Wildman–Crippen LogP) is 4.25. The zero-order chi connectivity index (χ0) is 11.1. The first-order valence-corrected chi connectivity index (χ1v) is 6.65. The van der Waals surface area contributed by atoms with Gasteiger partial charge in [-0.3, -0.25) is 0 Å². The van der Waals surface area contributed by atoms with Gasteiger partial charge in [-0.05, 0) is 56.1 Å². The molecular weight excluding hydrogens is 218 g/mol. The molecule has 1 nitrogen and oxygen atoms in total. The fraction of sp³-hybridized carbons (Fsp3) is 0.571. The van der Waals surface area contributed by atoms with E-state index in [0.717, 1.165) is 22.5 Å². The maximum atomic E-state index is 6.26. The van der Waals surface area contributed by atoms with Crippen LogP contribution in [0.3, 0.4) is 0 Å². The summed E-state index contributed by atoms with van der Waals surface area (Å²) in [5.41, 5.74) is 2.42. The Balaban J connectivity index is 1.81. The third-order valence-corrected chi connectivity index (χ3v) is 4.11. The molecule has 2 aliphatic carbocycles. The van der Waals surface area contributed by atoms with E-state index in [1.807, 2.05) is 12.1 Å². The molecule has 2 heteroatoms. The number of rotatable bonds is 4. The summed E-state index contributed by atoms with van der Waals surface area (Å²) in [6, 6.07) is 6.81. The van der Waals surface area contributed by atoms with Crippen molar-refractivity contribution in [3.63, 3.8) is 0 Å². The van der Waals surface area contributed by atoms with Crippen LogP contribution < -0.4 is 5.32 Å². The van der Waals surface area contributed by atoms with Crippen molar-refractivity contribution in [3.05, 3.63) is 28.8 Å². The topological polar surface area (TPSA) is 12.0 Å². The average molecular weight is 236 g/mol. The molecule has 0 saturated heterocycles. The highest BCUT2D eigenvalue weighted by Crippen LogP contribution is 2.46. The number of aryl methyl sites for hydroxylation is 1. The van der Waals surface area contributed by atoms with E-state index in [9.17, 15) is 0 Å². The van der Waals surface area contributed by atoms with Crippen molar-refractivity contribution < 1.29 is 0 Å². The van der Waals surface area contributed by atoms with E-state index in [4.69, 9.17) is 11.6 Å². The highest BCUT2D eigenvalue weighted by molar-refractivity contribution is 6.33. The zero-order valence-electron chi connectivity index (χ0n) is 9.67. The summed E-state index contributed by atoms with van der Waals surface area (Å²) in [5, 5.41) is 4.57. The van der Waals surface area contributed by atoms with Gasteiger partial charge in [0.2, 0.25) is 0 Å². The smallest absolute Gasteiger partial charge is 0.0640 e. The molecule has 0 radical (unpaired) electrons. The maximum Gasteiger partial charge on any atom is 0.0640 e. The number of para-hydroxylation sites is 1. The van der Waals surface area contributed by atoms with Crippen LogP contribution in [0.5, 0.6) is 0 Å². The number of nitrogens with one attached hydrogen (secondary N) is 1. The number of benzene rings is 1. The summed E-state index contributed by atoms with van der Waals surface area (Å²) < 4.78 is 0. The molecule has 0 unspecified atom stereocenters. The number of hydrogen-bond acceptors (Lipinski definition) is 1. The molecule has 1 aromatic carbocycles. The normalized spacial score (nSPS) is 20.2. The van der Waals surface area contributed by atoms with Gasteiger partial charge in [-0.2, -0.15) is 0 Å². The number of halogens is 1. The summed E-state index contributed by atoms with van der Waals surface area (Å²) in [6.07, 6.45) is 5.60. The van der Waals surface area contributed by atoms with Crippen LogP contribution in [0.25, 0.3) is 0 Å². The minimum absolute atomic E-state index is 0.679. The van der Waals surface area contributed by atoms with Crippen molar-refractivity contribution in [2.24, 2.45) is 11.8 Å². The highest BCUT2D eigenvalue weighted by atomic mass is 35.5. The van der Waals surface area contributed by atoms with E-state index in [0.29, 0.717) is 6.04 Å². The Morgan fingerprint density at radius 2 is 1.81 bits per heavy atom. The first-order valence-electron chi connectivity index (χ1n) is 6.27. The van der Waals surface area contributed by atoms with E-state index in [1.165, 1.54) is 31.2 Å². The molecule has 2 fully saturated rings. The molecule has 1 N–H and O–H groups in total. The van der Waals surface area contributed by atoms with Gasteiger partial charge in [0.25, 0.3) is 0 Å². The molecule has 0 spiro atoms. The fourth-order valence-electron chi connectivity index (χ4n) is 2.51. The molecule has 3 rings (SSSR count). The van der Waals surface area contributed by atoms with Crippen LogP contribution in [-0.4, -0.2) is 6.04 Å². The van der Waals surface area contributed by atoms with Gasteiger partial charge in [-0.25, -0.2) is 0 Å². The Labute approximate surface area is 102 Å². The molecule has 2 saturated carbocycles. The Kier molecular flexibility index (Phi) is 2.59. The lowest BCUT2D eigenvalue weighted by atomic mass is 10.1. The Morgan fingerprint density at radius 1 is 1.19 bits per heavy atom. The van der Waals surface area contributed by atoms with Crippen molar-refractivity contribution in [2.45, 2.75) is 38.6 Å². The largest absolute Gasteiger partial charge is 0.380 e. The van der Waals surface area contributed by atoms with Crippen LogP contribution in [0.4, 0.5) is 5.69 Å². The lowest BCUT2D eigenvalue weighted by Gasteiger charge is -2.21. The van der Waals surface area contributed by atoms with Gasteiger partial charge < -0.3 is 5.32 Å². The minimum Gasteiger partial charge on any atom is -0.380 e. The van der Waals surface area contributed by atoms with Crippen LogP contribution in [0.2, 0.25) is 5.02 Å². The summed E-state index contributed by atoms with van der Waals surface area (Å²) in [4.78, 5) is 0. The number of anilines is 1. The van der Waals surface area contributed by atoms with Gasteiger partial charge in [0.1, 0.15) is 0 Å². The summed E-state index contributed by atoms with van der Waals surface area (Å²) in [7, 11) is 0. The first-order chi connectivity index (χ1) is 7.75. The molecule has 0 bridgehead atoms. The lowest BCUT2D eigenvalue weighted by molar-refractivity contribution is 0.567. The van der Waals surface area contributed by atoms with E-state index in [2.05, 4.69) is 18.3 Å². The summed E-state index contributed by atoms with van der Waals surface area (Å²) in [5.74, 6) is 1.81. The van der Waals surface area contributed by atoms with E-state index < -0.39 is 0 Å². The van der Waals surface area contributed by atoms with Gasteiger partial charge in [0.05, 0.1) is 10.7 Å². The maximum absolute atomic E-state index is 6.26. The molecule has 0 amide bonds. The van der Waals surface area contributed by atoms with Gasteiger partial charge in [-0.15, -0.1) is 0 Å². The van der Waals surface area contributed by atoms with Gasteiger partial charge in [0.15, 0.2) is 0 Å². The quantitative estimate of drug-likeness (QED) is 0.823. The van der Waals surface area contributed by atoms with Gasteiger partial charge >= 0.3 is 0 Å². The van der Waals surface area contributed by atoms with E-state index >= 15 is 0 Å². The van der Waals surface area contributed by atoms with Crippen LogP contribution in [0.15, 0.2) is 18.2 Å². The molecule has 2 aliphatic rings. The SMILES string of the molecule is Cc1cccc(Cl)c1NC(C1CC1)C1CC1. The zero-order valence-corrected chi connectivity index (χ0v) is 10.4. The monoisotopic (exact) mass is 235 g/mol. The molecule has 86 valence electrons. The lowest BCUT2D eigenvalue weighted by Crippen LogP contribution is -2.24. The second-order valence-corrected chi connectivity index (χ2v) is 5.68. The first kappa shape index (κ1) is 10.5. The van der Waals surface area contributed by atoms with Gasteiger partial charge in [0, 0.05) is 6.04 Å². The van der Waals surface area contributed by atoms with Crippen molar-refractivity contribution in [1.29, 1.82) is 0 Å². The molecule has 0 aliphatic heterocycles. The standard InChI is InChI=1S/C14H18ClN/c1-9-3-2-4-12(15)13(9)16-14(10-5-6-10)11-7-8-11/h2-4,10-11,14,16H,5-8H2,1H3. The molecule has 0 heterocycles. The molecular formula is C14H18ClN. The number of hydrogen-bond donors (Lipinski definition) is 1. The van der Waals surface area contributed by atoms with Crippen LogP contribution in [0, 0.1) is 18.8 Å². The van der Waals surface area contributed by atoms with E-state index in [1.54, 1.807) is 0 Å². The van der Waals surface area contributed by atoms with Crippen LogP contribution >= 0.6 is 11.6 Å². The predicted molar refractivity (Wildman–Crippen MR) is 69.0 cm³/mol. The Morgan fingerprint density at radius 3 is 2.31 bits per heavy atom. The van der Waals surface area contributed by atoms with Crippen LogP contribution in [0.1, 0.15) is 31.2 Å². The Bertz CT molecular complexity index is 361. The second kappa shape index (κ2) is 3.96. The Hall–Kier alpha value is -0.690. The third kappa shape index (κ3) is 2.06. The van der Waals surface area contributed by atoms with Crippen molar-refractivity contribution >= 4 is 17.3 Å². The second-order valence-electron chi connectivity index (χ2n) is 5.28. The van der Waals surface area contributed by atoms with Crippen molar-refractivity contribution in [1.82, 2.24) is 0 Å². The molecule has 1 aromatic rings. The molecule has 16 heavy (non-hydrogen) atoms. The van der Waals surface area contributed by atoms with Crippen molar-refractivity contribution in [3.8, 4) is 0 Å². The minimum atomic E-state index is 0.679. The van der Waals surface area contributed by atoms with Crippen LogP contribution in [-0.2, 0) is 0 Å². The highest BCUT2D eigenvalue weighted by Gasteiger charge is 2.41. The summed E-state index contributed by atoms with van der Waals surface area (Å²) in [6.45, 7) is 2.13. The third-order valence-electron chi connectivity index (χ3n) is 3.79. The molecule has 0 atom stereocenters.